The molecule has 5 nitrogen and oxygen atoms in total. The van der Waals surface area contributed by atoms with Crippen molar-refractivity contribution in [1.82, 2.24) is 9.80 Å². The Labute approximate surface area is 136 Å². The summed E-state index contributed by atoms with van der Waals surface area (Å²) in [5.74, 6) is -1.09. The summed E-state index contributed by atoms with van der Waals surface area (Å²) in [4.78, 5) is 27.0. The van der Waals surface area contributed by atoms with E-state index < -0.39 is 5.97 Å². The predicted octanol–water partition coefficient (Wildman–Crippen LogP) is 3.25. The van der Waals surface area contributed by atoms with Gasteiger partial charge >= 0.3 is 12.0 Å². The highest BCUT2D eigenvalue weighted by molar-refractivity contribution is 9.11. The molecule has 0 aromatic carbocycles. The minimum absolute atomic E-state index is 0.0336. The van der Waals surface area contributed by atoms with Crippen LogP contribution in [0.5, 0.6) is 0 Å². The van der Waals surface area contributed by atoms with Crippen LogP contribution in [-0.4, -0.2) is 46.5 Å². The molecule has 1 aromatic rings. The van der Waals surface area contributed by atoms with E-state index in [0.29, 0.717) is 25.9 Å². The van der Waals surface area contributed by atoms with Crippen LogP contribution in [-0.2, 0) is 11.3 Å². The molecular formula is C14H19BrN2O3S. The Morgan fingerprint density at radius 2 is 2.29 bits per heavy atom. The van der Waals surface area contributed by atoms with Crippen LogP contribution in [0.25, 0.3) is 0 Å². The first-order chi connectivity index (χ1) is 9.88. The second-order valence-electron chi connectivity index (χ2n) is 5.50. The van der Waals surface area contributed by atoms with Gasteiger partial charge in [0.05, 0.1) is 9.70 Å². The highest BCUT2D eigenvalue weighted by Crippen LogP contribution is 2.25. The van der Waals surface area contributed by atoms with Crippen LogP contribution in [0.15, 0.2) is 15.2 Å². The molecular weight excluding hydrogens is 356 g/mol. The molecule has 1 aliphatic heterocycles. The highest BCUT2D eigenvalue weighted by atomic mass is 79.9. The fraction of sp³-hybridized carbons (Fsp3) is 0.571. The summed E-state index contributed by atoms with van der Waals surface area (Å²) in [6.07, 6.45) is 1.06. The molecule has 0 saturated carbocycles. The Morgan fingerprint density at radius 1 is 1.57 bits per heavy atom. The maximum absolute atomic E-state index is 12.5. The Kier molecular flexibility index (Phi) is 5.27. The lowest BCUT2D eigenvalue weighted by atomic mass is 9.92. The van der Waals surface area contributed by atoms with Crippen molar-refractivity contribution in [2.75, 3.05) is 13.6 Å². The second-order valence-corrected chi connectivity index (χ2v) is 7.79. The number of carboxylic acid groups (broad SMARTS) is 1. The van der Waals surface area contributed by atoms with Crippen molar-refractivity contribution < 1.29 is 14.7 Å². The normalized spacial score (nSPS) is 22.1. The lowest BCUT2D eigenvalue weighted by molar-refractivity contribution is -0.143. The third kappa shape index (κ3) is 3.97. The summed E-state index contributed by atoms with van der Waals surface area (Å²) in [5, 5.41) is 11.1. The first-order valence-electron chi connectivity index (χ1n) is 6.86. The minimum atomic E-state index is -0.759. The number of carbonyl (C=O) groups is 2. The third-order valence-corrected chi connectivity index (χ3v) is 5.39. The first-order valence-corrected chi connectivity index (χ1v) is 8.53. The number of nitrogens with zero attached hydrogens (tertiary/aromatic N) is 2. The third-order valence-electron chi connectivity index (χ3n) is 3.84. The van der Waals surface area contributed by atoms with Crippen LogP contribution >= 0.6 is 27.3 Å². The molecule has 2 unspecified atom stereocenters. The molecule has 7 heteroatoms. The number of aliphatic carboxylic acids is 1. The second kappa shape index (κ2) is 6.79. The molecule has 0 aliphatic carbocycles. The first kappa shape index (κ1) is 16.3. The number of amides is 2. The fourth-order valence-corrected chi connectivity index (χ4v) is 3.87. The molecule has 1 aliphatic rings. The van der Waals surface area contributed by atoms with Gasteiger partial charge in [0, 0.05) is 26.2 Å². The highest BCUT2D eigenvalue weighted by Gasteiger charge is 2.33. The molecule has 116 valence electrons. The summed E-state index contributed by atoms with van der Waals surface area (Å²) in [6, 6.07) is 1.94. The molecule has 1 saturated heterocycles. The van der Waals surface area contributed by atoms with Gasteiger partial charge in [-0.2, -0.15) is 0 Å². The number of thiophene rings is 1. The molecule has 1 aromatic heterocycles. The number of likely N-dealkylation sites (tertiary alicyclic amines) is 1. The SMILES string of the molecule is CC1CC(C(=O)O)CCN1C(=O)N(C)Cc1csc(Br)c1. The van der Waals surface area contributed by atoms with Crippen LogP contribution in [0.3, 0.4) is 0 Å². The van der Waals surface area contributed by atoms with Crippen LogP contribution in [0.1, 0.15) is 25.3 Å². The van der Waals surface area contributed by atoms with Crippen molar-refractivity contribution in [3.63, 3.8) is 0 Å². The Morgan fingerprint density at radius 3 is 2.81 bits per heavy atom. The van der Waals surface area contributed by atoms with Crippen LogP contribution in [0, 0.1) is 5.92 Å². The quantitative estimate of drug-likeness (QED) is 0.882. The van der Waals surface area contributed by atoms with Crippen molar-refractivity contribution in [2.24, 2.45) is 5.92 Å². The van der Waals surface area contributed by atoms with Gasteiger partial charge in [0.1, 0.15) is 0 Å². The Bertz CT molecular complexity index is 534. The molecule has 2 heterocycles. The van der Waals surface area contributed by atoms with Crippen LogP contribution < -0.4 is 0 Å². The van der Waals surface area contributed by atoms with Crippen LogP contribution in [0.4, 0.5) is 4.79 Å². The van der Waals surface area contributed by atoms with E-state index in [2.05, 4.69) is 15.9 Å². The number of carbonyl (C=O) groups excluding carboxylic acids is 1. The molecule has 0 bridgehead atoms. The average molecular weight is 375 g/mol. The molecule has 2 rings (SSSR count). The van der Waals surface area contributed by atoms with E-state index >= 15 is 0 Å². The number of urea groups is 1. The number of halogens is 1. The minimum Gasteiger partial charge on any atom is -0.481 e. The Balaban J connectivity index is 1.95. The number of hydrogen-bond acceptors (Lipinski definition) is 3. The summed E-state index contributed by atoms with van der Waals surface area (Å²) >= 11 is 5.01. The van der Waals surface area contributed by atoms with Gasteiger partial charge in [-0.05, 0) is 52.7 Å². The lowest BCUT2D eigenvalue weighted by Crippen LogP contribution is -2.50. The van der Waals surface area contributed by atoms with E-state index in [9.17, 15) is 9.59 Å². The van der Waals surface area contributed by atoms with Gasteiger partial charge in [-0.1, -0.05) is 0 Å². The smallest absolute Gasteiger partial charge is 0.320 e. The van der Waals surface area contributed by atoms with Gasteiger partial charge in [-0.3, -0.25) is 4.79 Å². The predicted molar refractivity (Wildman–Crippen MR) is 85.4 cm³/mol. The summed E-state index contributed by atoms with van der Waals surface area (Å²) in [7, 11) is 1.78. The Hall–Kier alpha value is -1.08. The maximum Gasteiger partial charge on any atom is 0.320 e. The van der Waals surface area contributed by atoms with Gasteiger partial charge in [-0.25, -0.2) is 4.79 Å². The summed E-state index contributed by atoms with van der Waals surface area (Å²) in [5.41, 5.74) is 1.09. The molecule has 21 heavy (non-hydrogen) atoms. The number of piperidine rings is 1. The largest absolute Gasteiger partial charge is 0.481 e. The fourth-order valence-electron chi connectivity index (χ4n) is 2.67. The van der Waals surface area contributed by atoms with E-state index in [4.69, 9.17) is 5.11 Å². The van der Waals surface area contributed by atoms with E-state index in [-0.39, 0.29) is 18.0 Å². The molecule has 1 fully saturated rings. The number of carboxylic acids is 1. The summed E-state index contributed by atoms with van der Waals surface area (Å²) in [6.45, 7) is 2.99. The molecule has 0 radical (unpaired) electrons. The van der Waals surface area contributed by atoms with Crippen molar-refractivity contribution >= 4 is 39.3 Å². The lowest BCUT2D eigenvalue weighted by Gasteiger charge is -2.38. The zero-order valence-corrected chi connectivity index (χ0v) is 14.5. The topological polar surface area (TPSA) is 60.9 Å². The average Bonchev–Trinajstić information content (AvgIpc) is 2.83. The standard InChI is InChI=1S/C14H19BrN2O3S/c1-9-5-11(13(18)19)3-4-17(9)14(20)16(2)7-10-6-12(15)21-8-10/h6,8-9,11H,3-5,7H2,1-2H3,(H,18,19). The van der Waals surface area contributed by atoms with E-state index in [1.807, 2.05) is 18.4 Å². The maximum atomic E-state index is 12.5. The van der Waals surface area contributed by atoms with Crippen molar-refractivity contribution in [3.05, 3.63) is 20.8 Å². The zero-order valence-electron chi connectivity index (χ0n) is 12.1. The molecule has 2 amide bonds. The molecule has 1 N–H and O–H groups in total. The van der Waals surface area contributed by atoms with Crippen molar-refractivity contribution in [3.8, 4) is 0 Å². The summed E-state index contributed by atoms with van der Waals surface area (Å²) < 4.78 is 1.05. The van der Waals surface area contributed by atoms with Crippen LogP contribution in [0.2, 0.25) is 0 Å². The van der Waals surface area contributed by atoms with Gasteiger partial charge in [0.25, 0.3) is 0 Å². The van der Waals surface area contributed by atoms with E-state index in [1.165, 1.54) is 0 Å². The van der Waals surface area contributed by atoms with Crippen molar-refractivity contribution in [1.29, 1.82) is 0 Å². The number of rotatable bonds is 3. The van der Waals surface area contributed by atoms with E-state index in [0.717, 1.165) is 9.35 Å². The zero-order chi connectivity index (χ0) is 15.6. The molecule has 2 atom stereocenters. The van der Waals surface area contributed by atoms with E-state index in [1.54, 1.807) is 28.2 Å². The van der Waals surface area contributed by atoms with Gasteiger partial charge in [-0.15, -0.1) is 11.3 Å². The monoisotopic (exact) mass is 374 g/mol. The molecule has 0 spiro atoms. The van der Waals surface area contributed by atoms with Gasteiger partial charge in [0.2, 0.25) is 0 Å². The van der Waals surface area contributed by atoms with Crippen molar-refractivity contribution in [2.45, 2.75) is 32.4 Å². The van der Waals surface area contributed by atoms with Gasteiger partial charge in [0.15, 0.2) is 0 Å². The van der Waals surface area contributed by atoms with Gasteiger partial charge < -0.3 is 14.9 Å². The number of hydrogen-bond donors (Lipinski definition) is 1.